The first kappa shape index (κ1) is 16.0. The van der Waals surface area contributed by atoms with Crippen LogP contribution >= 0.6 is 0 Å². The van der Waals surface area contributed by atoms with E-state index in [9.17, 15) is 14.7 Å². The van der Waals surface area contributed by atoms with Crippen LogP contribution in [0.1, 0.15) is 18.1 Å². The van der Waals surface area contributed by atoms with E-state index >= 15 is 0 Å². The van der Waals surface area contributed by atoms with Crippen LogP contribution in [0.25, 0.3) is 11.0 Å². The van der Waals surface area contributed by atoms with Crippen molar-refractivity contribution in [2.24, 2.45) is 0 Å². The SMILES string of the molecule is COCCOc1cc(O)cc2oc(=O)c(CC(C)=O)c(C)c12. The van der Waals surface area contributed by atoms with Crippen LogP contribution in [0.4, 0.5) is 0 Å². The molecule has 0 spiro atoms. The second kappa shape index (κ2) is 6.62. The van der Waals surface area contributed by atoms with Gasteiger partial charge in [0.15, 0.2) is 0 Å². The van der Waals surface area contributed by atoms with E-state index in [1.807, 2.05) is 0 Å². The molecule has 0 bridgehead atoms. The Hall–Kier alpha value is -2.34. The number of ether oxygens (including phenoxy) is 2. The molecule has 118 valence electrons. The van der Waals surface area contributed by atoms with E-state index in [2.05, 4.69) is 0 Å². The van der Waals surface area contributed by atoms with E-state index in [4.69, 9.17) is 13.9 Å². The Morgan fingerprint density at radius 3 is 2.68 bits per heavy atom. The fraction of sp³-hybridized carbons (Fsp3) is 0.375. The summed E-state index contributed by atoms with van der Waals surface area (Å²) in [4.78, 5) is 23.3. The third kappa shape index (κ3) is 3.28. The average Bonchev–Trinajstić information content (AvgIpc) is 2.42. The fourth-order valence-corrected chi connectivity index (χ4v) is 2.29. The lowest BCUT2D eigenvalue weighted by atomic mass is 10.0. The van der Waals surface area contributed by atoms with Gasteiger partial charge < -0.3 is 19.0 Å². The summed E-state index contributed by atoms with van der Waals surface area (Å²) in [5.41, 5.74) is 0.576. The van der Waals surface area contributed by atoms with Crippen molar-refractivity contribution in [1.82, 2.24) is 0 Å². The Bertz CT molecular complexity index is 759. The van der Waals surface area contributed by atoms with Gasteiger partial charge in [0.05, 0.1) is 12.0 Å². The number of rotatable bonds is 6. The fourth-order valence-electron chi connectivity index (χ4n) is 2.29. The van der Waals surface area contributed by atoms with E-state index < -0.39 is 5.63 Å². The maximum absolute atomic E-state index is 12.0. The lowest BCUT2D eigenvalue weighted by Gasteiger charge is -2.13. The summed E-state index contributed by atoms with van der Waals surface area (Å²) in [6.45, 7) is 3.82. The highest BCUT2D eigenvalue weighted by atomic mass is 16.5. The zero-order valence-corrected chi connectivity index (χ0v) is 12.8. The van der Waals surface area contributed by atoms with Gasteiger partial charge in [-0.2, -0.15) is 0 Å². The largest absolute Gasteiger partial charge is 0.508 e. The Morgan fingerprint density at radius 2 is 2.05 bits per heavy atom. The minimum atomic E-state index is -0.575. The van der Waals surface area contributed by atoms with Gasteiger partial charge in [0.25, 0.3) is 0 Å². The summed E-state index contributed by atoms with van der Waals surface area (Å²) < 4.78 is 15.7. The molecular weight excluding hydrogens is 288 g/mol. The molecular formula is C16H18O6. The molecule has 0 fully saturated rings. The quantitative estimate of drug-likeness (QED) is 0.648. The number of aromatic hydroxyl groups is 1. The van der Waals surface area contributed by atoms with E-state index in [1.165, 1.54) is 19.1 Å². The third-order valence-corrected chi connectivity index (χ3v) is 3.30. The lowest BCUT2D eigenvalue weighted by Crippen LogP contribution is -2.14. The van der Waals surface area contributed by atoms with Crippen LogP contribution in [0.2, 0.25) is 0 Å². The zero-order chi connectivity index (χ0) is 16.3. The molecule has 2 rings (SSSR count). The van der Waals surface area contributed by atoms with E-state index in [0.29, 0.717) is 28.9 Å². The number of hydrogen-bond donors (Lipinski definition) is 1. The molecule has 1 N–H and O–H groups in total. The minimum absolute atomic E-state index is 0.00247. The van der Waals surface area contributed by atoms with Gasteiger partial charge in [0.2, 0.25) is 0 Å². The van der Waals surface area contributed by atoms with Crippen LogP contribution in [-0.4, -0.2) is 31.2 Å². The van der Waals surface area contributed by atoms with Gasteiger partial charge in [0, 0.05) is 31.2 Å². The number of carbonyl (C=O) groups is 1. The number of benzene rings is 1. The van der Waals surface area contributed by atoms with Gasteiger partial charge in [-0.25, -0.2) is 4.79 Å². The summed E-state index contributed by atoms with van der Waals surface area (Å²) >= 11 is 0. The van der Waals surface area contributed by atoms with Crippen LogP contribution in [0, 0.1) is 6.92 Å². The van der Waals surface area contributed by atoms with Crippen molar-refractivity contribution in [2.45, 2.75) is 20.3 Å². The highest BCUT2D eigenvalue weighted by molar-refractivity contribution is 5.90. The molecule has 0 saturated heterocycles. The van der Waals surface area contributed by atoms with Crippen LogP contribution in [0.15, 0.2) is 21.3 Å². The monoisotopic (exact) mass is 306 g/mol. The first-order chi connectivity index (χ1) is 10.4. The second-order valence-corrected chi connectivity index (χ2v) is 5.03. The van der Waals surface area contributed by atoms with Crippen LogP contribution in [0.5, 0.6) is 11.5 Å². The molecule has 0 amide bonds. The smallest absolute Gasteiger partial charge is 0.340 e. The van der Waals surface area contributed by atoms with Crippen molar-refractivity contribution >= 4 is 16.8 Å². The molecule has 0 radical (unpaired) electrons. The standard InChI is InChI=1S/C16H18O6/c1-9(17)6-12-10(2)15-13(21-5-4-20-3)7-11(18)8-14(15)22-16(12)19/h7-8,18H,4-6H2,1-3H3. The summed E-state index contributed by atoms with van der Waals surface area (Å²) in [5, 5.41) is 10.3. The number of Topliss-reactive ketones (excluding diaryl/α,β-unsaturated/α-hetero) is 1. The number of carbonyl (C=O) groups excluding carboxylic acids is 1. The highest BCUT2D eigenvalue weighted by Crippen LogP contribution is 2.33. The molecule has 0 unspecified atom stereocenters. The zero-order valence-electron chi connectivity index (χ0n) is 12.8. The van der Waals surface area contributed by atoms with Gasteiger partial charge in [-0.3, -0.25) is 4.79 Å². The predicted octanol–water partition coefficient (Wildman–Crippen LogP) is 1.96. The molecule has 0 aliphatic rings. The van der Waals surface area contributed by atoms with Gasteiger partial charge in [-0.15, -0.1) is 0 Å². The van der Waals surface area contributed by atoms with Crippen LogP contribution in [-0.2, 0) is 16.0 Å². The maximum atomic E-state index is 12.0. The molecule has 1 heterocycles. The molecule has 2 aromatic rings. The predicted molar refractivity (Wildman–Crippen MR) is 80.6 cm³/mol. The van der Waals surface area contributed by atoms with Crippen molar-refractivity contribution in [1.29, 1.82) is 0 Å². The van der Waals surface area contributed by atoms with E-state index in [1.54, 1.807) is 14.0 Å². The average molecular weight is 306 g/mol. The summed E-state index contributed by atoms with van der Waals surface area (Å²) in [5.74, 6) is 0.190. The molecule has 6 heteroatoms. The molecule has 0 aliphatic carbocycles. The number of ketones is 1. The summed E-state index contributed by atoms with van der Waals surface area (Å²) in [6.07, 6.45) is 0.00247. The number of fused-ring (bicyclic) bond motifs is 1. The number of aryl methyl sites for hydroxylation is 1. The Morgan fingerprint density at radius 1 is 1.32 bits per heavy atom. The van der Waals surface area contributed by atoms with Gasteiger partial charge >= 0.3 is 5.63 Å². The minimum Gasteiger partial charge on any atom is -0.508 e. The van der Waals surface area contributed by atoms with Crippen molar-refractivity contribution in [3.63, 3.8) is 0 Å². The highest BCUT2D eigenvalue weighted by Gasteiger charge is 2.17. The second-order valence-electron chi connectivity index (χ2n) is 5.03. The van der Waals surface area contributed by atoms with Gasteiger partial charge in [-0.05, 0) is 19.4 Å². The Kier molecular flexibility index (Phi) is 4.82. The van der Waals surface area contributed by atoms with Crippen LogP contribution in [0.3, 0.4) is 0 Å². The van der Waals surface area contributed by atoms with E-state index in [0.717, 1.165) is 0 Å². The Labute approximate surface area is 127 Å². The van der Waals surface area contributed by atoms with Crippen LogP contribution < -0.4 is 10.4 Å². The van der Waals surface area contributed by atoms with E-state index in [-0.39, 0.29) is 30.1 Å². The molecule has 22 heavy (non-hydrogen) atoms. The summed E-state index contributed by atoms with van der Waals surface area (Å²) in [6, 6.07) is 2.80. The van der Waals surface area contributed by atoms with Gasteiger partial charge in [0.1, 0.15) is 29.5 Å². The number of methoxy groups -OCH3 is 1. The molecule has 0 saturated carbocycles. The normalized spacial score (nSPS) is 10.9. The molecule has 6 nitrogen and oxygen atoms in total. The molecule has 0 aliphatic heterocycles. The van der Waals surface area contributed by atoms with Crippen molar-refractivity contribution in [2.75, 3.05) is 20.3 Å². The Balaban J connectivity index is 2.63. The number of phenolic OH excluding ortho intramolecular Hbond substituents is 1. The first-order valence-electron chi connectivity index (χ1n) is 6.84. The van der Waals surface area contributed by atoms with Crippen molar-refractivity contribution in [3.8, 4) is 11.5 Å². The maximum Gasteiger partial charge on any atom is 0.340 e. The molecule has 1 aromatic carbocycles. The molecule has 0 atom stereocenters. The topological polar surface area (TPSA) is 86.0 Å². The number of hydrogen-bond acceptors (Lipinski definition) is 6. The van der Waals surface area contributed by atoms with Crippen molar-refractivity contribution in [3.05, 3.63) is 33.7 Å². The third-order valence-electron chi connectivity index (χ3n) is 3.30. The van der Waals surface area contributed by atoms with Gasteiger partial charge in [-0.1, -0.05) is 0 Å². The van der Waals surface area contributed by atoms with Crippen molar-refractivity contribution < 1.29 is 23.8 Å². The molecule has 1 aromatic heterocycles. The number of phenols is 1. The first-order valence-corrected chi connectivity index (χ1v) is 6.84. The summed E-state index contributed by atoms with van der Waals surface area (Å²) in [7, 11) is 1.55. The lowest BCUT2D eigenvalue weighted by molar-refractivity contribution is -0.116.